The zero-order valence-corrected chi connectivity index (χ0v) is 13.4. The summed E-state index contributed by atoms with van der Waals surface area (Å²) < 4.78 is 5.28. The van der Waals surface area contributed by atoms with Gasteiger partial charge >= 0.3 is 0 Å². The van der Waals surface area contributed by atoms with E-state index >= 15 is 0 Å². The number of hydrogen-bond acceptors (Lipinski definition) is 4. The van der Waals surface area contributed by atoms with Gasteiger partial charge in [-0.2, -0.15) is 11.8 Å². The first-order chi connectivity index (χ1) is 9.61. The van der Waals surface area contributed by atoms with Gasteiger partial charge in [-0.15, -0.1) is 0 Å². The third-order valence-corrected chi connectivity index (χ3v) is 5.23. The van der Waals surface area contributed by atoms with Crippen LogP contribution in [0.25, 0.3) is 0 Å². The van der Waals surface area contributed by atoms with Gasteiger partial charge in [0.25, 0.3) is 0 Å². The molecule has 1 heterocycles. The summed E-state index contributed by atoms with van der Waals surface area (Å²) in [5.41, 5.74) is 0. The molecule has 1 saturated carbocycles. The van der Waals surface area contributed by atoms with Crippen LogP contribution in [0, 0.1) is 0 Å². The van der Waals surface area contributed by atoms with Crippen molar-refractivity contribution in [3.8, 4) is 0 Å². The zero-order valence-electron chi connectivity index (χ0n) is 12.5. The molecule has 1 aliphatic rings. The first-order valence-electron chi connectivity index (χ1n) is 7.11. The number of amides is 1. The molecule has 112 valence electrons. The maximum absolute atomic E-state index is 12.3. The van der Waals surface area contributed by atoms with Crippen LogP contribution in [0.5, 0.6) is 0 Å². The second-order valence-electron chi connectivity index (χ2n) is 5.52. The van der Waals surface area contributed by atoms with Crippen LogP contribution < -0.4 is 0 Å². The molecule has 4 nitrogen and oxygen atoms in total. The molecule has 0 N–H and O–H groups in total. The molecule has 1 aromatic heterocycles. The van der Waals surface area contributed by atoms with Crippen molar-refractivity contribution in [2.45, 2.75) is 37.1 Å². The van der Waals surface area contributed by atoms with Crippen molar-refractivity contribution in [1.29, 1.82) is 0 Å². The number of carbonyl (C=O) groups is 1. The number of rotatable bonds is 6. The summed E-state index contributed by atoms with van der Waals surface area (Å²) >= 11 is 1.93. The maximum atomic E-state index is 12.3. The highest BCUT2D eigenvalue weighted by Gasteiger charge is 2.30. The van der Waals surface area contributed by atoms with E-state index in [1.54, 1.807) is 11.2 Å². The molecule has 0 aromatic carbocycles. The predicted molar refractivity (Wildman–Crippen MR) is 82.8 cm³/mol. The molecule has 0 spiro atoms. The molecule has 0 unspecified atom stereocenters. The van der Waals surface area contributed by atoms with Crippen LogP contribution in [0.2, 0.25) is 0 Å². The zero-order chi connectivity index (χ0) is 14.5. The fourth-order valence-corrected chi connectivity index (χ4v) is 3.92. The summed E-state index contributed by atoms with van der Waals surface area (Å²) in [4.78, 5) is 16.2. The van der Waals surface area contributed by atoms with Gasteiger partial charge in [-0.05, 0) is 38.3 Å². The minimum atomic E-state index is 0.149. The van der Waals surface area contributed by atoms with E-state index in [1.165, 1.54) is 19.3 Å². The van der Waals surface area contributed by atoms with Crippen molar-refractivity contribution in [2.24, 2.45) is 0 Å². The third-order valence-electron chi connectivity index (χ3n) is 4.07. The van der Waals surface area contributed by atoms with Crippen LogP contribution in [0.1, 0.15) is 25.0 Å². The van der Waals surface area contributed by atoms with Crippen LogP contribution in [-0.4, -0.2) is 53.9 Å². The van der Waals surface area contributed by atoms with Crippen LogP contribution in [0.3, 0.4) is 0 Å². The van der Waals surface area contributed by atoms with Gasteiger partial charge < -0.3 is 9.32 Å². The Morgan fingerprint density at radius 2 is 2.25 bits per heavy atom. The number of likely N-dealkylation sites (N-methyl/N-ethyl adjacent to an activating group) is 2. The molecule has 2 rings (SSSR count). The summed E-state index contributed by atoms with van der Waals surface area (Å²) in [7, 11) is 3.90. The van der Waals surface area contributed by atoms with Gasteiger partial charge in [0.05, 0.1) is 19.4 Å². The van der Waals surface area contributed by atoms with Gasteiger partial charge in [-0.3, -0.25) is 9.69 Å². The second-order valence-corrected chi connectivity index (χ2v) is 6.59. The Kier molecular flexibility index (Phi) is 5.54. The van der Waals surface area contributed by atoms with Crippen molar-refractivity contribution in [3.05, 3.63) is 24.2 Å². The summed E-state index contributed by atoms with van der Waals surface area (Å²) in [6, 6.07) is 4.28. The van der Waals surface area contributed by atoms with E-state index in [0.717, 1.165) is 5.76 Å². The molecule has 0 radical (unpaired) electrons. The molecule has 2 atom stereocenters. The highest BCUT2D eigenvalue weighted by molar-refractivity contribution is 7.99. The summed E-state index contributed by atoms with van der Waals surface area (Å²) in [5, 5.41) is 0.670. The predicted octanol–water partition coefficient (Wildman–Crippen LogP) is 2.45. The Morgan fingerprint density at radius 1 is 1.45 bits per heavy atom. The molecule has 0 saturated heterocycles. The Balaban J connectivity index is 1.83. The van der Waals surface area contributed by atoms with Gasteiger partial charge in [0.1, 0.15) is 5.76 Å². The highest BCUT2D eigenvalue weighted by atomic mass is 32.2. The number of carbonyl (C=O) groups excluding carboxylic acids is 1. The lowest BCUT2D eigenvalue weighted by molar-refractivity contribution is -0.132. The van der Waals surface area contributed by atoms with Crippen molar-refractivity contribution in [2.75, 3.05) is 26.9 Å². The monoisotopic (exact) mass is 296 g/mol. The molecular formula is C15H24N2O2S. The van der Waals surface area contributed by atoms with E-state index in [0.29, 0.717) is 24.4 Å². The summed E-state index contributed by atoms with van der Waals surface area (Å²) in [6.45, 7) is 1.02. The number of nitrogens with zero attached hydrogens (tertiary/aromatic N) is 2. The summed E-state index contributed by atoms with van der Waals surface area (Å²) in [5.74, 6) is 0.974. The first-order valence-corrected chi connectivity index (χ1v) is 8.40. The fraction of sp³-hybridized carbons (Fsp3) is 0.667. The lowest BCUT2D eigenvalue weighted by Crippen LogP contribution is -2.43. The molecule has 1 fully saturated rings. The Bertz CT molecular complexity index is 422. The maximum Gasteiger partial charge on any atom is 0.236 e. The minimum absolute atomic E-state index is 0.149. The quantitative estimate of drug-likeness (QED) is 0.808. The number of thioether (sulfide) groups is 1. The normalized spacial score (nSPS) is 22.4. The minimum Gasteiger partial charge on any atom is -0.467 e. The largest absolute Gasteiger partial charge is 0.467 e. The third kappa shape index (κ3) is 3.79. The number of furan rings is 1. The highest BCUT2D eigenvalue weighted by Crippen LogP contribution is 2.31. The van der Waals surface area contributed by atoms with Crippen molar-refractivity contribution < 1.29 is 9.21 Å². The average molecular weight is 296 g/mol. The molecule has 1 aliphatic carbocycles. The number of hydrogen-bond donors (Lipinski definition) is 0. The smallest absolute Gasteiger partial charge is 0.236 e. The molecule has 5 heteroatoms. The van der Waals surface area contributed by atoms with Crippen LogP contribution >= 0.6 is 11.8 Å². The average Bonchev–Trinajstić information content (AvgIpc) is 3.08. The van der Waals surface area contributed by atoms with Gasteiger partial charge in [0.15, 0.2) is 0 Å². The first kappa shape index (κ1) is 15.4. The second kappa shape index (κ2) is 7.18. The Labute approximate surface area is 125 Å². The molecule has 1 amide bonds. The molecule has 0 aliphatic heterocycles. The van der Waals surface area contributed by atoms with Gasteiger partial charge in [0, 0.05) is 18.3 Å². The molecule has 1 aromatic rings. The van der Waals surface area contributed by atoms with E-state index in [-0.39, 0.29) is 5.91 Å². The van der Waals surface area contributed by atoms with Crippen LogP contribution in [-0.2, 0) is 11.3 Å². The van der Waals surface area contributed by atoms with E-state index in [9.17, 15) is 4.79 Å². The summed E-state index contributed by atoms with van der Waals surface area (Å²) in [6.07, 6.45) is 7.56. The van der Waals surface area contributed by atoms with Crippen molar-refractivity contribution in [1.82, 2.24) is 9.80 Å². The lowest BCUT2D eigenvalue weighted by atomic mass is 10.2. The van der Waals surface area contributed by atoms with Gasteiger partial charge in [0.2, 0.25) is 5.91 Å². The van der Waals surface area contributed by atoms with Crippen molar-refractivity contribution >= 4 is 17.7 Å². The Morgan fingerprint density at radius 3 is 2.90 bits per heavy atom. The van der Waals surface area contributed by atoms with Gasteiger partial charge in [-0.1, -0.05) is 6.42 Å². The SMILES string of the molecule is CS[C@@H]1CCC[C@H]1N(C)CC(=O)N(C)Cc1ccco1. The Hall–Kier alpha value is -0.940. The standard InChI is InChI=1S/C15H24N2O2S/c1-16(13-7-4-8-14(13)20-3)11-15(18)17(2)10-12-6-5-9-19-12/h5-6,9,13-14H,4,7-8,10-11H2,1-3H3/t13-,14-/m1/s1. The lowest BCUT2D eigenvalue weighted by Gasteiger charge is -2.29. The molecular weight excluding hydrogens is 272 g/mol. The van der Waals surface area contributed by atoms with E-state index in [2.05, 4.69) is 18.2 Å². The van der Waals surface area contributed by atoms with Crippen LogP contribution in [0.15, 0.2) is 22.8 Å². The van der Waals surface area contributed by atoms with Crippen LogP contribution in [0.4, 0.5) is 0 Å². The van der Waals surface area contributed by atoms with E-state index < -0.39 is 0 Å². The molecule has 20 heavy (non-hydrogen) atoms. The fourth-order valence-electron chi connectivity index (χ4n) is 2.86. The van der Waals surface area contributed by atoms with Crippen molar-refractivity contribution in [3.63, 3.8) is 0 Å². The van der Waals surface area contributed by atoms with Gasteiger partial charge in [-0.25, -0.2) is 0 Å². The topological polar surface area (TPSA) is 36.7 Å². The van der Waals surface area contributed by atoms with E-state index in [1.807, 2.05) is 30.9 Å². The van der Waals surface area contributed by atoms with E-state index in [4.69, 9.17) is 4.42 Å². The molecule has 0 bridgehead atoms.